The highest BCUT2D eigenvalue weighted by molar-refractivity contribution is 5.66. The van der Waals surface area contributed by atoms with Gasteiger partial charge in [0.15, 0.2) is 0 Å². The molecule has 0 amide bonds. The number of aliphatic carboxylic acids is 1. The SMILES string of the molecule is O=C(O)CCC(Cc1ccccc1)Nc1ncccn1. The third kappa shape index (κ3) is 4.68. The molecule has 5 heteroatoms. The zero-order valence-corrected chi connectivity index (χ0v) is 11.1. The van der Waals surface area contributed by atoms with Gasteiger partial charge in [0.2, 0.25) is 5.95 Å². The van der Waals surface area contributed by atoms with E-state index in [1.165, 1.54) is 0 Å². The second kappa shape index (κ2) is 7.23. The summed E-state index contributed by atoms with van der Waals surface area (Å²) >= 11 is 0. The van der Waals surface area contributed by atoms with Gasteiger partial charge in [-0.3, -0.25) is 4.79 Å². The molecule has 0 fully saturated rings. The van der Waals surface area contributed by atoms with E-state index in [0.29, 0.717) is 12.4 Å². The number of nitrogens with one attached hydrogen (secondary N) is 1. The highest BCUT2D eigenvalue weighted by Gasteiger charge is 2.12. The van der Waals surface area contributed by atoms with Crippen molar-refractivity contribution in [2.75, 3.05) is 5.32 Å². The summed E-state index contributed by atoms with van der Waals surface area (Å²) in [5, 5.41) is 12.0. The van der Waals surface area contributed by atoms with Crippen molar-refractivity contribution in [2.24, 2.45) is 0 Å². The Morgan fingerprint density at radius 3 is 2.50 bits per heavy atom. The normalized spacial score (nSPS) is 11.8. The third-order valence-corrected chi connectivity index (χ3v) is 2.93. The number of nitrogens with zero attached hydrogens (tertiary/aromatic N) is 2. The molecule has 0 aliphatic carbocycles. The summed E-state index contributed by atoms with van der Waals surface area (Å²) in [6.45, 7) is 0. The molecular formula is C15H17N3O2. The molecule has 0 saturated carbocycles. The number of hydrogen-bond acceptors (Lipinski definition) is 4. The Morgan fingerprint density at radius 1 is 1.15 bits per heavy atom. The summed E-state index contributed by atoms with van der Waals surface area (Å²) in [6, 6.07) is 11.7. The molecule has 1 atom stereocenters. The molecular weight excluding hydrogens is 254 g/mol. The average molecular weight is 271 g/mol. The summed E-state index contributed by atoms with van der Waals surface area (Å²) in [5.74, 6) is -0.266. The molecule has 0 spiro atoms. The van der Waals surface area contributed by atoms with Gasteiger partial charge in [0.05, 0.1) is 0 Å². The number of benzene rings is 1. The van der Waals surface area contributed by atoms with Crippen LogP contribution >= 0.6 is 0 Å². The van der Waals surface area contributed by atoms with Crippen LogP contribution in [0.4, 0.5) is 5.95 Å². The summed E-state index contributed by atoms with van der Waals surface area (Å²) in [5.41, 5.74) is 1.16. The van der Waals surface area contributed by atoms with Crippen LogP contribution in [0.25, 0.3) is 0 Å². The molecule has 5 nitrogen and oxygen atoms in total. The van der Waals surface area contributed by atoms with Crippen LogP contribution in [0.15, 0.2) is 48.8 Å². The standard InChI is InChI=1S/C15H17N3O2/c19-14(20)8-7-13(11-12-5-2-1-3-6-12)18-15-16-9-4-10-17-15/h1-6,9-10,13H,7-8,11H2,(H,19,20)(H,16,17,18). The molecule has 20 heavy (non-hydrogen) atoms. The Morgan fingerprint density at radius 2 is 1.85 bits per heavy atom. The number of aromatic nitrogens is 2. The number of carboxylic acids is 1. The van der Waals surface area contributed by atoms with E-state index in [4.69, 9.17) is 5.11 Å². The summed E-state index contributed by atoms with van der Waals surface area (Å²) in [4.78, 5) is 19.0. The van der Waals surface area contributed by atoms with Crippen molar-refractivity contribution in [3.63, 3.8) is 0 Å². The van der Waals surface area contributed by atoms with Gasteiger partial charge < -0.3 is 10.4 Å². The maximum atomic E-state index is 10.7. The maximum Gasteiger partial charge on any atom is 0.303 e. The number of carboxylic acid groups (broad SMARTS) is 1. The lowest BCUT2D eigenvalue weighted by Crippen LogP contribution is -2.24. The quantitative estimate of drug-likeness (QED) is 0.808. The highest BCUT2D eigenvalue weighted by Crippen LogP contribution is 2.11. The van der Waals surface area contributed by atoms with E-state index in [1.807, 2.05) is 30.3 Å². The molecule has 1 heterocycles. The number of rotatable bonds is 7. The summed E-state index contributed by atoms with van der Waals surface area (Å²) in [7, 11) is 0. The van der Waals surface area contributed by atoms with Crippen molar-refractivity contribution < 1.29 is 9.90 Å². The number of hydrogen-bond donors (Lipinski definition) is 2. The van der Waals surface area contributed by atoms with Gasteiger partial charge in [-0.2, -0.15) is 0 Å². The van der Waals surface area contributed by atoms with Crippen molar-refractivity contribution in [1.29, 1.82) is 0 Å². The van der Waals surface area contributed by atoms with Crippen molar-refractivity contribution in [3.8, 4) is 0 Å². The van der Waals surface area contributed by atoms with Gasteiger partial charge in [0.1, 0.15) is 0 Å². The molecule has 0 aliphatic heterocycles. The van der Waals surface area contributed by atoms with Crippen LogP contribution in [0.1, 0.15) is 18.4 Å². The highest BCUT2D eigenvalue weighted by atomic mass is 16.4. The molecule has 104 valence electrons. The Balaban J connectivity index is 2.02. The van der Waals surface area contributed by atoms with E-state index in [-0.39, 0.29) is 12.5 Å². The first kappa shape index (κ1) is 14.0. The van der Waals surface area contributed by atoms with E-state index < -0.39 is 5.97 Å². The van der Waals surface area contributed by atoms with Crippen LogP contribution in [0.5, 0.6) is 0 Å². The van der Waals surface area contributed by atoms with Crippen LogP contribution < -0.4 is 5.32 Å². The second-order valence-corrected chi connectivity index (χ2v) is 4.54. The lowest BCUT2D eigenvalue weighted by Gasteiger charge is -2.18. The van der Waals surface area contributed by atoms with Crippen LogP contribution in [0, 0.1) is 0 Å². The first-order valence-corrected chi connectivity index (χ1v) is 6.53. The zero-order chi connectivity index (χ0) is 14.2. The second-order valence-electron chi connectivity index (χ2n) is 4.54. The van der Waals surface area contributed by atoms with E-state index in [0.717, 1.165) is 12.0 Å². The van der Waals surface area contributed by atoms with Gasteiger partial charge in [-0.05, 0) is 24.5 Å². The minimum absolute atomic E-state index is 0.00380. The van der Waals surface area contributed by atoms with E-state index in [1.54, 1.807) is 18.5 Å². The number of carbonyl (C=O) groups is 1. The van der Waals surface area contributed by atoms with E-state index in [9.17, 15) is 4.79 Å². The third-order valence-electron chi connectivity index (χ3n) is 2.93. The van der Waals surface area contributed by atoms with Crippen LogP contribution in [0.3, 0.4) is 0 Å². The van der Waals surface area contributed by atoms with Gasteiger partial charge in [-0.1, -0.05) is 30.3 Å². The molecule has 0 radical (unpaired) electrons. The Kier molecular flexibility index (Phi) is 5.06. The molecule has 1 aromatic heterocycles. The van der Waals surface area contributed by atoms with E-state index in [2.05, 4.69) is 15.3 Å². The lowest BCUT2D eigenvalue weighted by atomic mass is 10.0. The fourth-order valence-electron chi connectivity index (χ4n) is 1.98. The molecule has 2 N–H and O–H groups in total. The predicted octanol–water partition coefficient (Wildman–Crippen LogP) is 2.36. The maximum absolute atomic E-state index is 10.7. The smallest absolute Gasteiger partial charge is 0.303 e. The minimum atomic E-state index is -0.793. The van der Waals surface area contributed by atoms with Crippen molar-refractivity contribution in [2.45, 2.75) is 25.3 Å². The van der Waals surface area contributed by atoms with Crippen LogP contribution in [-0.2, 0) is 11.2 Å². The first-order valence-electron chi connectivity index (χ1n) is 6.53. The lowest BCUT2D eigenvalue weighted by molar-refractivity contribution is -0.137. The molecule has 2 rings (SSSR count). The molecule has 0 saturated heterocycles. The fourth-order valence-corrected chi connectivity index (χ4v) is 1.98. The fraction of sp³-hybridized carbons (Fsp3) is 0.267. The predicted molar refractivity (Wildman–Crippen MR) is 76.5 cm³/mol. The molecule has 0 aliphatic rings. The topological polar surface area (TPSA) is 75.1 Å². The number of anilines is 1. The Labute approximate surface area is 117 Å². The Bertz CT molecular complexity index is 490. The van der Waals surface area contributed by atoms with Gasteiger partial charge >= 0.3 is 5.97 Å². The van der Waals surface area contributed by atoms with Crippen LogP contribution in [-0.4, -0.2) is 27.1 Å². The summed E-state index contributed by atoms with van der Waals surface area (Å²) < 4.78 is 0. The average Bonchev–Trinajstić information content (AvgIpc) is 2.47. The van der Waals surface area contributed by atoms with Gasteiger partial charge in [-0.25, -0.2) is 9.97 Å². The molecule has 0 bridgehead atoms. The summed E-state index contributed by atoms with van der Waals surface area (Å²) in [6.07, 6.45) is 4.71. The molecule has 1 aromatic carbocycles. The largest absolute Gasteiger partial charge is 0.481 e. The van der Waals surface area contributed by atoms with Crippen molar-refractivity contribution in [3.05, 3.63) is 54.4 Å². The van der Waals surface area contributed by atoms with Gasteiger partial charge in [0, 0.05) is 24.9 Å². The zero-order valence-electron chi connectivity index (χ0n) is 11.1. The van der Waals surface area contributed by atoms with Gasteiger partial charge in [0.25, 0.3) is 0 Å². The van der Waals surface area contributed by atoms with Crippen LogP contribution in [0.2, 0.25) is 0 Å². The Hall–Kier alpha value is -2.43. The molecule has 2 aromatic rings. The monoisotopic (exact) mass is 271 g/mol. The van der Waals surface area contributed by atoms with E-state index >= 15 is 0 Å². The minimum Gasteiger partial charge on any atom is -0.481 e. The van der Waals surface area contributed by atoms with Crippen molar-refractivity contribution >= 4 is 11.9 Å². The van der Waals surface area contributed by atoms with Gasteiger partial charge in [-0.15, -0.1) is 0 Å². The first-order chi connectivity index (χ1) is 9.74. The molecule has 1 unspecified atom stereocenters. The van der Waals surface area contributed by atoms with Crippen molar-refractivity contribution in [1.82, 2.24) is 9.97 Å².